The summed E-state index contributed by atoms with van der Waals surface area (Å²) in [5.41, 5.74) is 0.600. The van der Waals surface area contributed by atoms with Crippen LogP contribution < -0.4 is 4.74 Å². The zero-order valence-electron chi connectivity index (χ0n) is 7.58. The standard InChI is InChI=1S/C9H8N4O/c1-14-7-5-10-6-13-8(7)9-11-3-2-4-12-9/h2-6H,1H3. The molecular weight excluding hydrogens is 180 g/mol. The second kappa shape index (κ2) is 3.78. The second-order valence-electron chi connectivity index (χ2n) is 2.51. The lowest BCUT2D eigenvalue weighted by Crippen LogP contribution is -1.95. The summed E-state index contributed by atoms with van der Waals surface area (Å²) in [5.74, 6) is 1.10. The van der Waals surface area contributed by atoms with Crippen molar-refractivity contribution in [1.29, 1.82) is 0 Å². The highest BCUT2D eigenvalue weighted by molar-refractivity contribution is 5.57. The molecule has 0 atom stereocenters. The van der Waals surface area contributed by atoms with Crippen molar-refractivity contribution in [2.24, 2.45) is 0 Å². The Kier molecular flexibility index (Phi) is 2.31. The molecule has 0 amide bonds. The van der Waals surface area contributed by atoms with Gasteiger partial charge in [0.05, 0.1) is 13.3 Å². The normalized spacial score (nSPS) is 9.79. The average Bonchev–Trinajstić information content (AvgIpc) is 2.30. The van der Waals surface area contributed by atoms with E-state index in [1.807, 2.05) is 0 Å². The minimum absolute atomic E-state index is 0.534. The Hall–Kier alpha value is -2.04. The van der Waals surface area contributed by atoms with Crippen LogP contribution in [0.4, 0.5) is 0 Å². The molecule has 70 valence electrons. The van der Waals surface area contributed by atoms with E-state index in [2.05, 4.69) is 19.9 Å². The quantitative estimate of drug-likeness (QED) is 0.701. The molecular formula is C9H8N4O. The summed E-state index contributed by atoms with van der Waals surface area (Å²) in [4.78, 5) is 16.1. The Morgan fingerprint density at radius 2 is 1.93 bits per heavy atom. The Labute approximate surface area is 80.8 Å². The van der Waals surface area contributed by atoms with E-state index < -0.39 is 0 Å². The van der Waals surface area contributed by atoms with Crippen molar-refractivity contribution in [3.8, 4) is 17.3 Å². The summed E-state index contributed by atoms with van der Waals surface area (Å²) in [6, 6.07) is 1.75. The number of rotatable bonds is 2. The van der Waals surface area contributed by atoms with E-state index in [-0.39, 0.29) is 0 Å². The largest absolute Gasteiger partial charge is 0.493 e. The van der Waals surface area contributed by atoms with Crippen molar-refractivity contribution in [2.45, 2.75) is 0 Å². The van der Waals surface area contributed by atoms with Crippen LogP contribution in [-0.2, 0) is 0 Å². The van der Waals surface area contributed by atoms with Crippen LogP contribution in [0.2, 0.25) is 0 Å². The molecule has 0 aliphatic rings. The molecule has 2 aromatic rings. The lowest BCUT2D eigenvalue weighted by molar-refractivity contribution is 0.412. The first-order valence-electron chi connectivity index (χ1n) is 4.03. The topological polar surface area (TPSA) is 60.8 Å². The Balaban J connectivity index is 2.51. The molecule has 2 aromatic heterocycles. The van der Waals surface area contributed by atoms with Gasteiger partial charge < -0.3 is 4.74 Å². The third kappa shape index (κ3) is 1.52. The molecule has 0 saturated carbocycles. The predicted molar refractivity (Wildman–Crippen MR) is 49.6 cm³/mol. The molecule has 0 saturated heterocycles. The molecule has 5 heteroatoms. The van der Waals surface area contributed by atoms with Gasteiger partial charge in [0.25, 0.3) is 0 Å². The van der Waals surface area contributed by atoms with Gasteiger partial charge in [0.15, 0.2) is 17.3 Å². The van der Waals surface area contributed by atoms with E-state index in [4.69, 9.17) is 4.74 Å². The summed E-state index contributed by atoms with van der Waals surface area (Å²) in [6.45, 7) is 0. The summed E-state index contributed by atoms with van der Waals surface area (Å²) < 4.78 is 5.09. The molecule has 0 radical (unpaired) electrons. The van der Waals surface area contributed by atoms with Gasteiger partial charge in [-0.2, -0.15) is 0 Å². The zero-order chi connectivity index (χ0) is 9.80. The summed E-state index contributed by atoms with van der Waals surface area (Å²) in [6.07, 6.45) is 6.33. The third-order valence-corrected chi connectivity index (χ3v) is 1.68. The van der Waals surface area contributed by atoms with E-state index >= 15 is 0 Å². The fourth-order valence-electron chi connectivity index (χ4n) is 1.06. The van der Waals surface area contributed by atoms with Crippen LogP contribution >= 0.6 is 0 Å². The van der Waals surface area contributed by atoms with Gasteiger partial charge in [-0.15, -0.1) is 0 Å². The maximum atomic E-state index is 5.09. The van der Waals surface area contributed by atoms with Crippen LogP contribution in [0.3, 0.4) is 0 Å². The molecule has 0 N–H and O–H groups in total. The van der Waals surface area contributed by atoms with Crippen molar-refractivity contribution >= 4 is 0 Å². The van der Waals surface area contributed by atoms with Crippen molar-refractivity contribution in [2.75, 3.05) is 7.11 Å². The first-order valence-corrected chi connectivity index (χ1v) is 4.03. The maximum absolute atomic E-state index is 5.09. The Morgan fingerprint density at radius 1 is 1.14 bits per heavy atom. The zero-order valence-corrected chi connectivity index (χ0v) is 7.58. The number of hydrogen-bond donors (Lipinski definition) is 0. The summed E-state index contributed by atoms with van der Waals surface area (Å²) in [7, 11) is 1.56. The molecule has 2 heterocycles. The van der Waals surface area contributed by atoms with E-state index in [9.17, 15) is 0 Å². The number of aromatic nitrogens is 4. The SMILES string of the molecule is COc1cncnc1-c1ncccn1. The lowest BCUT2D eigenvalue weighted by atomic mass is 10.3. The molecule has 0 aliphatic carbocycles. The van der Waals surface area contributed by atoms with Crippen LogP contribution in [0, 0.1) is 0 Å². The molecule has 0 bridgehead atoms. The molecule has 0 spiro atoms. The molecule has 0 fully saturated rings. The molecule has 2 rings (SSSR count). The van der Waals surface area contributed by atoms with Crippen molar-refractivity contribution in [1.82, 2.24) is 19.9 Å². The van der Waals surface area contributed by atoms with Gasteiger partial charge in [-0.05, 0) is 6.07 Å². The highest BCUT2D eigenvalue weighted by Gasteiger charge is 2.08. The van der Waals surface area contributed by atoms with E-state index in [1.54, 1.807) is 31.8 Å². The number of nitrogens with zero attached hydrogens (tertiary/aromatic N) is 4. The minimum atomic E-state index is 0.534. The van der Waals surface area contributed by atoms with Crippen LogP contribution in [0.15, 0.2) is 31.0 Å². The summed E-state index contributed by atoms with van der Waals surface area (Å²) in [5, 5.41) is 0. The molecule has 0 aromatic carbocycles. The van der Waals surface area contributed by atoms with Crippen LogP contribution in [0.25, 0.3) is 11.5 Å². The van der Waals surface area contributed by atoms with E-state index in [0.29, 0.717) is 17.3 Å². The van der Waals surface area contributed by atoms with Crippen molar-refractivity contribution in [3.05, 3.63) is 31.0 Å². The highest BCUT2D eigenvalue weighted by atomic mass is 16.5. The Morgan fingerprint density at radius 3 is 2.64 bits per heavy atom. The monoisotopic (exact) mass is 188 g/mol. The maximum Gasteiger partial charge on any atom is 0.182 e. The first kappa shape index (κ1) is 8.55. The van der Waals surface area contributed by atoms with Crippen molar-refractivity contribution in [3.63, 3.8) is 0 Å². The molecule has 5 nitrogen and oxygen atoms in total. The van der Waals surface area contributed by atoms with Crippen LogP contribution in [-0.4, -0.2) is 27.0 Å². The predicted octanol–water partition coefficient (Wildman–Crippen LogP) is 0.942. The minimum Gasteiger partial charge on any atom is -0.493 e. The highest BCUT2D eigenvalue weighted by Crippen LogP contribution is 2.21. The van der Waals surface area contributed by atoms with Gasteiger partial charge in [0.1, 0.15) is 6.33 Å². The number of ether oxygens (including phenoxy) is 1. The third-order valence-electron chi connectivity index (χ3n) is 1.68. The van der Waals surface area contributed by atoms with Crippen LogP contribution in [0.1, 0.15) is 0 Å². The molecule has 0 unspecified atom stereocenters. The number of methoxy groups -OCH3 is 1. The second-order valence-corrected chi connectivity index (χ2v) is 2.51. The van der Waals surface area contributed by atoms with Gasteiger partial charge in [0.2, 0.25) is 0 Å². The van der Waals surface area contributed by atoms with Crippen molar-refractivity contribution < 1.29 is 4.74 Å². The van der Waals surface area contributed by atoms with Crippen LogP contribution in [0.5, 0.6) is 5.75 Å². The van der Waals surface area contributed by atoms with E-state index in [0.717, 1.165) is 0 Å². The van der Waals surface area contributed by atoms with Gasteiger partial charge in [0, 0.05) is 12.4 Å². The average molecular weight is 188 g/mol. The number of hydrogen-bond acceptors (Lipinski definition) is 5. The molecule has 14 heavy (non-hydrogen) atoms. The Bertz CT molecular complexity index is 418. The van der Waals surface area contributed by atoms with Gasteiger partial charge in [-0.3, -0.25) is 0 Å². The van der Waals surface area contributed by atoms with Gasteiger partial charge in [-0.25, -0.2) is 19.9 Å². The van der Waals surface area contributed by atoms with E-state index in [1.165, 1.54) is 6.33 Å². The molecule has 0 aliphatic heterocycles. The van der Waals surface area contributed by atoms with Gasteiger partial charge >= 0.3 is 0 Å². The van der Waals surface area contributed by atoms with Gasteiger partial charge in [-0.1, -0.05) is 0 Å². The fraction of sp³-hybridized carbons (Fsp3) is 0.111. The first-order chi connectivity index (χ1) is 6.92. The smallest absolute Gasteiger partial charge is 0.182 e. The fourth-order valence-corrected chi connectivity index (χ4v) is 1.06. The summed E-state index contributed by atoms with van der Waals surface area (Å²) >= 11 is 0. The lowest BCUT2D eigenvalue weighted by Gasteiger charge is -2.03.